The number of hydrogen-bond donors (Lipinski definition) is 3. The molecule has 0 radical (unpaired) electrons. The fraction of sp³-hybridized carbons (Fsp3) is 0.250. The summed E-state index contributed by atoms with van der Waals surface area (Å²) in [5.74, 6) is 0.773. The van der Waals surface area contributed by atoms with Crippen molar-refractivity contribution in [3.8, 4) is 17.6 Å². The summed E-state index contributed by atoms with van der Waals surface area (Å²) in [4.78, 5) is 0. The molecular weight excluding hydrogens is 380 g/mol. The minimum Gasteiger partial charge on any atom is -0.458 e. The van der Waals surface area contributed by atoms with Gasteiger partial charge in [0, 0.05) is 22.9 Å². The van der Waals surface area contributed by atoms with Crippen LogP contribution in [0.4, 0.5) is 0 Å². The van der Waals surface area contributed by atoms with Crippen molar-refractivity contribution in [1.82, 2.24) is 10.9 Å². The van der Waals surface area contributed by atoms with E-state index in [1.54, 1.807) is 6.07 Å². The Labute approximate surface area is 166 Å². The maximum absolute atomic E-state index is 9.85. The van der Waals surface area contributed by atoms with Gasteiger partial charge in [0.2, 0.25) is 12.7 Å². The van der Waals surface area contributed by atoms with E-state index in [4.69, 9.17) is 31.5 Å². The largest absolute Gasteiger partial charge is 0.458 e. The maximum Gasteiger partial charge on any atom is 0.231 e. The number of rotatable bonds is 2. The number of benzene rings is 2. The summed E-state index contributed by atoms with van der Waals surface area (Å²) < 4.78 is 16.8. The van der Waals surface area contributed by atoms with Gasteiger partial charge < -0.3 is 19.9 Å². The Kier molecular flexibility index (Phi) is 4.05. The third-order valence-corrected chi connectivity index (χ3v) is 5.76. The minimum atomic E-state index is -0.409. The van der Waals surface area contributed by atoms with E-state index >= 15 is 0 Å². The number of fused-ring (bicyclic) bond motifs is 2. The van der Waals surface area contributed by atoms with Crippen LogP contribution in [0.15, 0.2) is 53.9 Å². The third-order valence-electron chi connectivity index (χ3n) is 5.44. The van der Waals surface area contributed by atoms with Crippen molar-refractivity contribution in [2.24, 2.45) is 11.7 Å². The van der Waals surface area contributed by atoms with Gasteiger partial charge in [-0.2, -0.15) is 5.26 Å². The average molecular weight is 397 g/mol. The van der Waals surface area contributed by atoms with Gasteiger partial charge >= 0.3 is 0 Å². The fourth-order valence-electron chi connectivity index (χ4n) is 4.19. The maximum atomic E-state index is 9.85. The molecule has 2 aromatic carbocycles. The van der Waals surface area contributed by atoms with E-state index < -0.39 is 6.23 Å². The van der Waals surface area contributed by atoms with Crippen LogP contribution in [0.25, 0.3) is 0 Å². The summed E-state index contributed by atoms with van der Waals surface area (Å²) in [6.45, 7) is 0.147. The SMILES string of the molecule is N#CC1=C(N)OC2NNC(c3ccccc3)C2C1c1cc2c(cc1Cl)OCO2. The molecule has 0 aromatic heterocycles. The molecule has 3 aliphatic heterocycles. The first-order chi connectivity index (χ1) is 13.7. The minimum absolute atomic E-state index is 0.102. The van der Waals surface area contributed by atoms with Crippen LogP contribution in [-0.4, -0.2) is 13.0 Å². The number of halogens is 1. The summed E-state index contributed by atoms with van der Waals surface area (Å²) >= 11 is 6.61. The van der Waals surface area contributed by atoms with Crippen molar-refractivity contribution in [1.29, 1.82) is 5.26 Å². The van der Waals surface area contributed by atoms with Crippen LogP contribution in [0.1, 0.15) is 23.1 Å². The van der Waals surface area contributed by atoms with Crippen LogP contribution in [0.2, 0.25) is 5.02 Å². The van der Waals surface area contributed by atoms with Gasteiger partial charge in [-0.15, -0.1) is 0 Å². The van der Waals surface area contributed by atoms with E-state index in [1.165, 1.54) is 0 Å². The number of hydrazine groups is 1. The third kappa shape index (κ3) is 2.58. The Morgan fingerprint density at radius 1 is 1.11 bits per heavy atom. The molecule has 0 amide bonds. The molecule has 1 fully saturated rings. The average Bonchev–Trinajstić information content (AvgIpc) is 3.33. The number of allylic oxidation sites excluding steroid dienone is 1. The first-order valence-corrected chi connectivity index (χ1v) is 9.26. The van der Waals surface area contributed by atoms with Crippen molar-refractivity contribution in [2.75, 3.05) is 6.79 Å². The number of ether oxygens (including phenoxy) is 3. The Morgan fingerprint density at radius 2 is 1.86 bits per heavy atom. The number of nitrogens with zero attached hydrogens (tertiary/aromatic N) is 1. The lowest BCUT2D eigenvalue weighted by molar-refractivity contribution is 0.0340. The standard InChI is InChI=1S/C20H17ClN4O3/c21-13-7-15-14(26-9-27-15)6-11(13)16-12(8-22)19(23)28-20-17(16)18(24-25-20)10-4-2-1-3-5-10/h1-7,16-18,20,24-25H,9,23H2. The molecule has 2 aromatic rings. The smallest absolute Gasteiger partial charge is 0.231 e. The highest BCUT2D eigenvalue weighted by Crippen LogP contribution is 2.51. The van der Waals surface area contributed by atoms with Crippen molar-refractivity contribution in [3.05, 3.63) is 70.1 Å². The number of nitriles is 1. The summed E-state index contributed by atoms with van der Waals surface area (Å²) in [5.41, 5.74) is 14.7. The molecule has 7 nitrogen and oxygen atoms in total. The molecule has 0 saturated carbocycles. The summed E-state index contributed by atoms with van der Waals surface area (Å²) in [7, 11) is 0. The second kappa shape index (κ2) is 6.60. The van der Waals surface area contributed by atoms with Gasteiger partial charge in [0.05, 0.1) is 11.6 Å². The van der Waals surface area contributed by atoms with Gasteiger partial charge in [-0.25, -0.2) is 10.9 Å². The molecular formula is C20H17ClN4O3. The van der Waals surface area contributed by atoms with E-state index in [2.05, 4.69) is 16.9 Å². The number of nitrogens with two attached hydrogens (primary N) is 1. The van der Waals surface area contributed by atoms with Crippen LogP contribution in [-0.2, 0) is 4.74 Å². The zero-order valence-corrected chi connectivity index (χ0v) is 15.4. The van der Waals surface area contributed by atoms with E-state index in [-0.39, 0.29) is 30.6 Å². The molecule has 142 valence electrons. The van der Waals surface area contributed by atoms with Gasteiger partial charge in [-0.1, -0.05) is 41.9 Å². The normalized spacial score (nSPS) is 27.9. The van der Waals surface area contributed by atoms with E-state index in [9.17, 15) is 5.26 Å². The first kappa shape index (κ1) is 17.2. The molecule has 0 aliphatic carbocycles. The molecule has 28 heavy (non-hydrogen) atoms. The Morgan fingerprint density at radius 3 is 2.61 bits per heavy atom. The van der Waals surface area contributed by atoms with Crippen LogP contribution < -0.4 is 26.1 Å². The van der Waals surface area contributed by atoms with Crippen LogP contribution in [0.5, 0.6) is 11.5 Å². The molecule has 3 heterocycles. The zero-order valence-electron chi connectivity index (χ0n) is 14.7. The van der Waals surface area contributed by atoms with Gasteiger partial charge in [0.25, 0.3) is 0 Å². The molecule has 1 saturated heterocycles. The monoisotopic (exact) mass is 396 g/mol. The second-order valence-electron chi connectivity index (χ2n) is 6.89. The molecule has 3 aliphatic rings. The lowest BCUT2D eigenvalue weighted by Crippen LogP contribution is -2.41. The molecule has 0 bridgehead atoms. The molecule has 4 N–H and O–H groups in total. The van der Waals surface area contributed by atoms with Crippen LogP contribution >= 0.6 is 11.6 Å². The highest BCUT2D eigenvalue weighted by molar-refractivity contribution is 6.31. The molecule has 5 rings (SSSR count). The Bertz CT molecular complexity index is 1000. The van der Waals surface area contributed by atoms with Gasteiger partial charge in [0.1, 0.15) is 6.07 Å². The van der Waals surface area contributed by atoms with Gasteiger partial charge in [0.15, 0.2) is 17.7 Å². The van der Waals surface area contributed by atoms with Crippen molar-refractivity contribution in [2.45, 2.75) is 18.2 Å². The highest BCUT2D eigenvalue weighted by atomic mass is 35.5. The predicted octanol–water partition coefficient (Wildman–Crippen LogP) is 2.67. The quantitative estimate of drug-likeness (QED) is 0.717. The molecule has 0 spiro atoms. The summed E-state index contributed by atoms with van der Waals surface area (Å²) in [5, 5.41) is 10.3. The van der Waals surface area contributed by atoms with Gasteiger partial charge in [-0.3, -0.25) is 0 Å². The molecule has 4 atom stereocenters. The van der Waals surface area contributed by atoms with Crippen molar-refractivity contribution in [3.63, 3.8) is 0 Å². The number of nitrogens with one attached hydrogen (secondary N) is 2. The zero-order chi connectivity index (χ0) is 19.3. The van der Waals surface area contributed by atoms with Crippen LogP contribution in [0.3, 0.4) is 0 Å². The predicted molar refractivity (Wildman–Crippen MR) is 101 cm³/mol. The fourth-order valence-corrected chi connectivity index (χ4v) is 4.46. The lowest BCUT2D eigenvalue weighted by atomic mass is 9.74. The van der Waals surface area contributed by atoms with Crippen molar-refractivity contribution < 1.29 is 14.2 Å². The van der Waals surface area contributed by atoms with Crippen molar-refractivity contribution >= 4 is 11.6 Å². The Hall–Kier alpha value is -2.92. The van der Waals surface area contributed by atoms with Gasteiger partial charge in [-0.05, 0) is 17.2 Å². The lowest BCUT2D eigenvalue weighted by Gasteiger charge is -2.36. The Balaban J connectivity index is 1.66. The summed E-state index contributed by atoms with van der Waals surface area (Å²) in [6.07, 6.45) is -0.409. The van der Waals surface area contributed by atoms with Crippen LogP contribution in [0, 0.1) is 17.2 Å². The molecule has 4 unspecified atom stereocenters. The van der Waals surface area contributed by atoms with E-state index in [0.717, 1.165) is 11.1 Å². The molecule has 8 heteroatoms. The van der Waals surface area contributed by atoms with E-state index in [1.807, 2.05) is 36.4 Å². The number of hydrogen-bond acceptors (Lipinski definition) is 7. The summed E-state index contributed by atoms with van der Waals surface area (Å²) in [6, 6.07) is 15.7. The topological polar surface area (TPSA) is 102 Å². The second-order valence-corrected chi connectivity index (χ2v) is 7.29. The highest BCUT2D eigenvalue weighted by Gasteiger charge is 2.50. The van der Waals surface area contributed by atoms with E-state index in [0.29, 0.717) is 22.1 Å². The first-order valence-electron chi connectivity index (χ1n) is 8.89.